The molecule has 0 amide bonds. The van der Waals surface area contributed by atoms with Crippen LogP contribution in [0, 0.1) is 5.41 Å². The molecule has 5 heteroatoms. The van der Waals surface area contributed by atoms with Gasteiger partial charge in [0.15, 0.2) is 5.78 Å². The molecule has 0 radical (unpaired) electrons. The number of fused-ring (bicyclic) bond motifs is 1. The van der Waals surface area contributed by atoms with E-state index in [1.165, 1.54) is 0 Å². The molecule has 0 aliphatic heterocycles. The lowest BCUT2D eigenvalue weighted by atomic mass is 9.87. The minimum Gasteiger partial charge on any atom is -0.494 e. The van der Waals surface area contributed by atoms with E-state index in [1.807, 2.05) is 67.6 Å². The lowest BCUT2D eigenvalue weighted by Crippen LogP contribution is -2.32. The van der Waals surface area contributed by atoms with Crippen LogP contribution in [0.1, 0.15) is 51.4 Å². The monoisotopic (exact) mass is 480 g/mol. The van der Waals surface area contributed by atoms with Gasteiger partial charge in [-0.05, 0) is 78.1 Å². The highest BCUT2D eigenvalue weighted by atomic mass is 32.2. The molecular formula is C29H36O4S. The summed E-state index contributed by atoms with van der Waals surface area (Å²) in [7, 11) is 0. The molecule has 1 unspecified atom stereocenters. The van der Waals surface area contributed by atoms with Gasteiger partial charge in [0.05, 0.1) is 18.5 Å². The number of carbonyl (C=O) groups excluding carboxylic acids is 1. The summed E-state index contributed by atoms with van der Waals surface area (Å²) in [5.74, 6) is 3.29. The Morgan fingerprint density at radius 1 is 0.853 bits per heavy atom. The Bertz CT molecular complexity index is 1070. The third-order valence-corrected chi connectivity index (χ3v) is 7.03. The topological polar surface area (TPSA) is 44.8 Å². The van der Waals surface area contributed by atoms with Gasteiger partial charge in [-0.15, -0.1) is 11.8 Å². The summed E-state index contributed by atoms with van der Waals surface area (Å²) in [4.78, 5) is 13.3. The van der Waals surface area contributed by atoms with Crippen LogP contribution in [0.2, 0.25) is 0 Å². The maximum absolute atomic E-state index is 13.3. The van der Waals surface area contributed by atoms with Crippen molar-refractivity contribution in [3.8, 4) is 17.2 Å². The van der Waals surface area contributed by atoms with Gasteiger partial charge < -0.3 is 14.2 Å². The van der Waals surface area contributed by atoms with Crippen molar-refractivity contribution in [1.82, 2.24) is 0 Å². The molecule has 4 nitrogen and oxygen atoms in total. The third kappa shape index (κ3) is 7.25. The summed E-state index contributed by atoms with van der Waals surface area (Å²) in [6.07, 6.45) is 0.985. The molecule has 0 fully saturated rings. The molecule has 0 aromatic heterocycles. The van der Waals surface area contributed by atoms with E-state index < -0.39 is 0 Å². The van der Waals surface area contributed by atoms with Crippen molar-refractivity contribution in [1.29, 1.82) is 0 Å². The Hall–Kier alpha value is -2.50. The van der Waals surface area contributed by atoms with E-state index in [2.05, 4.69) is 27.7 Å². The molecule has 3 aromatic rings. The van der Waals surface area contributed by atoms with Crippen molar-refractivity contribution in [3.05, 3.63) is 66.2 Å². The van der Waals surface area contributed by atoms with Gasteiger partial charge in [-0.1, -0.05) is 39.8 Å². The lowest BCUT2D eigenvalue weighted by Gasteiger charge is -2.29. The highest BCUT2D eigenvalue weighted by Gasteiger charge is 2.32. The van der Waals surface area contributed by atoms with Gasteiger partial charge in [-0.3, -0.25) is 4.79 Å². The Morgan fingerprint density at radius 3 is 2.09 bits per heavy atom. The molecule has 34 heavy (non-hydrogen) atoms. The first kappa shape index (κ1) is 26.1. The summed E-state index contributed by atoms with van der Waals surface area (Å²) in [6, 6.07) is 19.5. The van der Waals surface area contributed by atoms with Gasteiger partial charge in [0.25, 0.3) is 0 Å². The Labute approximate surface area is 208 Å². The quantitative estimate of drug-likeness (QED) is 0.195. The van der Waals surface area contributed by atoms with Crippen molar-refractivity contribution in [3.63, 3.8) is 0 Å². The molecule has 0 heterocycles. The first-order chi connectivity index (χ1) is 16.3. The van der Waals surface area contributed by atoms with Crippen LogP contribution in [0.5, 0.6) is 17.2 Å². The fourth-order valence-electron chi connectivity index (χ4n) is 3.64. The molecule has 0 bridgehead atoms. The SMILES string of the molecule is CCCOc1ccc2cc(Oc3ccc(C(=O)C(SCCOCC)C(C)(C)C)cc3)ccc2c1. The normalized spacial score (nSPS) is 12.5. The lowest BCUT2D eigenvalue weighted by molar-refractivity contribution is 0.0950. The van der Waals surface area contributed by atoms with E-state index in [9.17, 15) is 4.79 Å². The highest BCUT2D eigenvalue weighted by Crippen LogP contribution is 2.34. The number of hydrogen-bond donors (Lipinski definition) is 0. The molecule has 3 aromatic carbocycles. The van der Waals surface area contributed by atoms with E-state index in [0.29, 0.717) is 31.1 Å². The number of rotatable bonds is 12. The number of Topliss-reactive ketones (excluding diaryl/α,β-unsaturated/α-hetero) is 1. The largest absolute Gasteiger partial charge is 0.494 e. The standard InChI is InChI=1S/C29H36O4S/c1-6-16-32-25-14-10-23-20-26(15-11-22(23)19-25)33-24-12-8-21(9-13-24)27(30)28(29(3,4)5)34-18-17-31-7-2/h8-15,19-20,28H,6-7,16-18H2,1-5H3. The van der Waals surface area contributed by atoms with Crippen LogP contribution >= 0.6 is 11.8 Å². The van der Waals surface area contributed by atoms with Gasteiger partial charge in [0.2, 0.25) is 0 Å². The number of ketones is 1. The van der Waals surface area contributed by atoms with E-state index >= 15 is 0 Å². The predicted octanol–water partition coefficient (Wildman–Crippen LogP) is 7.79. The van der Waals surface area contributed by atoms with E-state index in [4.69, 9.17) is 14.2 Å². The fraction of sp³-hybridized carbons (Fsp3) is 0.414. The third-order valence-electron chi connectivity index (χ3n) is 5.37. The smallest absolute Gasteiger partial charge is 0.176 e. The van der Waals surface area contributed by atoms with Crippen molar-refractivity contribution in [2.24, 2.45) is 5.41 Å². The van der Waals surface area contributed by atoms with Crippen LogP contribution in [0.15, 0.2) is 60.7 Å². The summed E-state index contributed by atoms with van der Waals surface area (Å²) in [6.45, 7) is 12.5. The fourth-order valence-corrected chi connectivity index (χ4v) is 4.88. The van der Waals surface area contributed by atoms with Crippen molar-refractivity contribution in [2.45, 2.75) is 46.3 Å². The van der Waals surface area contributed by atoms with Crippen molar-refractivity contribution >= 4 is 28.3 Å². The van der Waals surface area contributed by atoms with Crippen LogP contribution in [0.4, 0.5) is 0 Å². The molecule has 0 aliphatic carbocycles. The molecule has 0 N–H and O–H groups in total. The summed E-state index contributed by atoms with van der Waals surface area (Å²) < 4.78 is 17.2. The molecule has 0 spiro atoms. The van der Waals surface area contributed by atoms with Crippen LogP contribution in [0.3, 0.4) is 0 Å². The second-order valence-corrected chi connectivity index (χ2v) is 10.5. The Balaban J connectivity index is 1.68. The van der Waals surface area contributed by atoms with Crippen LogP contribution < -0.4 is 9.47 Å². The summed E-state index contributed by atoms with van der Waals surface area (Å²) in [5.41, 5.74) is 0.560. The Morgan fingerprint density at radius 2 is 1.47 bits per heavy atom. The maximum atomic E-state index is 13.3. The molecule has 3 rings (SSSR count). The molecule has 182 valence electrons. The second-order valence-electron chi connectivity index (χ2n) is 9.32. The van der Waals surface area contributed by atoms with E-state index in [0.717, 1.165) is 34.4 Å². The zero-order chi connectivity index (χ0) is 24.6. The zero-order valence-electron chi connectivity index (χ0n) is 20.9. The number of carbonyl (C=O) groups is 1. The van der Waals surface area contributed by atoms with Crippen molar-refractivity contribution in [2.75, 3.05) is 25.6 Å². The zero-order valence-corrected chi connectivity index (χ0v) is 21.7. The average molecular weight is 481 g/mol. The first-order valence-electron chi connectivity index (χ1n) is 12.0. The predicted molar refractivity (Wildman–Crippen MR) is 143 cm³/mol. The first-order valence-corrected chi connectivity index (χ1v) is 13.0. The molecule has 1 atom stereocenters. The number of benzene rings is 3. The second kappa shape index (κ2) is 12.3. The van der Waals surface area contributed by atoms with Gasteiger partial charge in [-0.2, -0.15) is 0 Å². The molecule has 0 saturated heterocycles. The summed E-state index contributed by atoms with van der Waals surface area (Å²) in [5, 5.41) is 2.06. The van der Waals surface area contributed by atoms with Crippen LogP contribution in [0.25, 0.3) is 10.8 Å². The van der Waals surface area contributed by atoms with Gasteiger partial charge >= 0.3 is 0 Å². The van der Waals surface area contributed by atoms with Gasteiger partial charge in [-0.25, -0.2) is 0 Å². The van der Waals surface area contributed by atoms with Gasteiger partial charge in [0.1, 0.15) is 17.2 Å². The van der Waals surface area contributed by atoms with Crippen LogP contribution in [-0.2, 0) is 4.74 Å². The molecular weight excluding hydrogens is 444 g/mol. The van der Waals surface area contributed by atoms with Crippen LogP contribution in [-0.4, -0.2) is 36.6 Å². The molecule has 0 aliphatic rings. The van der Waals surface area contributed by atoms with E-state index in [1.54, 1.807) is 11.8 Å². The van der Waals surface area contributed by atoms with Gasteiger partial charge in [0, 0.05) is 17.9 Å². The number of hydrogen-bond acceptors (Lipinski definition) is 5. The molecule has 0 saturated carbocycles. The Kier molecular flexibility index (Phi) is 9.43. The number of ether oxygens (including phenoxy) is 3. The minimum atomic E-state index is -0.143. The minimum absolute atomic E-state index is 0.133. The highest BCUT2D eigenvalue weighted by molar-refractivity contribution is 8.00. The van der Waals surface area contributed by atoms with E-state index in [-0.39, 0.29) is 16.4 Å². The average Bonchev–Trinajstić information content (AvgIpc) is 2.82. The summed E-state index contributed by atoms with van der Waals surface area (Å²) >= 11 is 1.67. The number of thioether (sulfide) groups is 1. The maximum Gasteiger partial charge on any atom is 0.176 e. The van der Waals surface area contributed by atoms with Crippen molar-refractivity contribution < 1.29 is 19.0 Å².